The molecule has 2 fully saturated rings. The number of nitrogens with zero attached hydrogens (tertiary/aromatic N) is 4. The fraction of sp³-hybridized carbons (Fsp3) is 0.435. The van der Waals surface area contributed by atoms with Crippen molar-refractivity contribution in [1.82, 2.24) is 9.80 Å². The van der Waals surface area contributed by atoms with Gasteiger partial charge in [0.15, 0.2) is 23.0 Å². The Labute approximate surface area is 342 Å². The molecule has 4 aromatic rings. The van der Waals surface area contributed by atoms with Crippen LogP contribution in [0.15, 0.2) is 60.7 Å². The number of hydrogen-bond donors (Lipinski definition) is 2. The Morgan fingerprint density at radius 2 is 0.845 bits per heavy atom. The first kappa shape index (κ1) is 41.8. The Morgan fingerprint density at radius 3 is 1.14 bits per heavy atom. The van der Waals surface area contributed by atoms with Gasteiger partial charge in [0.1, 0.15) is 0 Å². The minimum atomic E-state index is -0.818. The Hall–Kier alpha value is -5.78. The maximum atomic E-state index is 15.2. The van der Waals surface area contributed by atoms with Crippen LogP contribution in [0.1, 0.15) is 33.4 Å². The molecule has 0 spiro atoms. The van der Waals surface area contributed by atoms with Crippen LogP contribution in [0.25, 0.3) is 0 Å². The molecule has 2 aliphatic heterocycles. The minimum Gasteiger partial charge on any atom is -0.502 e. The van der Waals surface area contributed by atoms with E-state index in [4.69, 9.17) is 18.9 Å². The standard InChI is InChI=1S/C46H58N4O8/c1-29-11-9-13-37(31(29)3)47-15-19-49(20-16-47)45(53)35(23-33-25-39(55-5)43(51)40(26-33)56-6)36(24-34-27-41(57-7)44(52)42(28-34)58-8)46(54)50-21-17-48(18-22-50)38-14-10-12-30(2)32(38)4/h9-14,25-28,35-36,51-52H,15-24H2,1-8H3/t35-,36+. The van der Waals surface area contributed by atoms with Gasteiger partial charge in [0.05, 0.1) is 40.3 Å². The summed E-state index contributed by atoms with van der Waals surface area (Å²) in [7, 11) is 5.86. The summed E-state index contributed by atoms with van der Waals surface area (Å²) < 4.78 is 22.1. The summed E-state index contributed by atoms with van der Waals surface area (Å²) in [5.41, 5.74) is 8.56. The van der Waals surface area contributed by atoms with Crippen LogP contribution in [0.3, 0.4) is 0 Å². The van der Waals surface area contributed by atoms with Gasteiger partial charge in [0.25, 0.3) is 0 Å². The summed E-state index contributed by atoms with van der Waals surface area (Å²) in [4.78, 5) is 38.8. The summed E-state index contributed by atoms with van der Waals surface area (Å²) in [6.45, 7) is 13.0. The molecule has 0 unspecified atom stereocenters. The predicted octanol–water partition coefficient (Wildman–Crippen LogP) is 6.08. The molecule has 4 aromatic carbocycles. The van der Waals surface area contributed by atoms with E-state index in [0.717, 1.165) is 11.4 Å². The van der Waals surface area contributed by atoms with Crippen molar-refractivity contribution in [3.63, 3.8) is 0 Å². The number of piperazine rings is 2. The smallest absolute Gasteiger partial charge is 0.226 e. The number of benzene rings is 4. The average molecular weight is 795 g/mol. The van der Waals surface area contributed by atoms with E-state index in [1.165, 1.54) is 50.7 Å². The SMILES string of the molecule is COc1cc(C[C@H](C(=O)N2CCN(c3cccc(C)c3C)CC2)[C@@H](Cc2cc(OC)c(O)c(OC)c2)C(=O)N2CCN(c3cccc(C)c3C)CC2)cc(OC)c1O. The maximum Gasteiger partial charge on any atom is 0.226 e. The molecule has 2 saturated heterocycles. The van der Waals surface area contributed by atoms with Crippen molar-refractivity contribution in [3.05, 3.63) is 94.0 Å². The van der Waals surface area contributed by atoms with E-state index < -0.39 is 11.8 Å². The van der Waals surface area contributed by atoms with Crippen molar-refractivity contribution >= 4 is 23.2 Å². The summed E-state index contributed by atoms with van der Waals surface area (Å²) in [5, 5.41) is 21.6. The van der Waals surface area contributed by atoms with Crippen molar-refractivity contribution in [2.24, 2.45) is 11.8 Å². The van der Waals surface area contributed by atoms with Gasteiger partial charge < -0.3 is 48.8 Å². The molecule has 12 heteroatoms. The lowest BCUT2D eigenvalue weighted by molar-refractivity contribution is -0.146. The number of phenols is 2. The van der Waals surface area contributed by atoms with Crippen LogP contribution in [0.2, 0.25) is 0 Å². The number of rotatable bonds is 13. The molecule has 6 rings (SSSR count). The number of hydrogen-bond acceptors (Lipinski definition) is 10. The van der Waals surface area contributed by atoms with Crippen LogP contribution in [0.5, 0.6) is 34.5 Å². The third-order valence-electron chi connectivity index (χ3n) is 12.1. The highest BCUT2D eigenvalue weighted by Crippen LogP contribution is 2.41. The van der Waals surface area contributed by atoms with Crippen molar-refractivity contribution in [1.29, 1.82) is 0 Å². The minimum absolute atomic E-state index is 0.128. The molecule has 2 heterocycles. The average Bonchev–Trinajstić information content (AvgIpc) is 3.24. The van der Waals surface area contributed by atoms with Crippen LogP contribution >= 0.6 is 0 Å². The van der Waals surface area contributed by atoms with Gasteiger partial charge in [-0.25, -0.2) is 0 Å². The number of anilines is 2. The van der Waals surface area contributed by atoms with Gasteiger partial charge in [0.2, 0.25) is 23.3 Å². The molecule has 2 atom stereocenters. The second-order valence-electron chi connectivity index (χ2n) is 15.4. The highest BCUT2D eigenvalue weighted by molar-refractivity contribution is 5.89. The van der Waals surface area contributed by atoms with Gasteiger partial charge in [-0.3, -0.25) is 9.59 Å². The number of aromatic hydroxyl groups is 2. The number of carbonyl (C=O) groups excluding carboxylic acids is 2. The highest BCUT2D eigenvalue weighted by Gasteiger charge is 2.40. The lowest BCUT2D eigenvalue weighted by Crippen LogP contribution is -2.55. The molecule has 2 N–H and O–H groups in total. The van der Waals surface area contributed by atoms with Crippen molar-refractivity contribution in [2.45, 2.75) is 40.5 Å². The molecule has 0 aromatic heterocycles. The number of carbonyl (C=O) groups is 2. The number of ether oxygens (including phenoxy) is 4. The number of aryl methyl sites for hydroxylation is 2. The highest BCUT2D eigenvalue weighted by atomic mass is 16.5. The Morgan fingerprint density at radius 1 is 0.534 bits per heavy atom. The molecular formula is C46H58N4O8. The predicted molar refractivity (Wildman–Crippen MR) is 226 cm³/mol. The maximum absolute atomic E-state index is 15.2. The van der Waals surface area contributed by atoms with Gasteiger partial charge in [-0.05, 0) is 110 Å². The van der Waals surface area contributed by atoms with E-state index in [1.54, 1.807) is 24.3 Å². The Kier molecular flexibility index (Phi) is 13.1. The molecule has 58 heavy (non-hydrogen) atoms. The molecule has 0 bridgehead atoms. The van der Waals surface area contributed by atoms with E-state index in [1.807, 2.05) is 9.80 Å². The molecule has 2 amide bonds. The lowest BCUT2D eigenvalue weighted by atomic mass is 9.80. The van der Waals surface area contributed by atoms with Crippen LogP contribution in [-0.4, -0.2) is 113 Å². The zero-order chi connectivity index (χ0) is 41.7. The van der Waals surface area contributed by atoms with E-state index in [2.05, 4.69) is 73.9 Å². The summed E-state index contributed by atoms with van der Waals surface area (Å²) in [6.07, 6.45) is 0.350. The van der Waals surface area contributed by atoms with Gasteiger partial charge in [-0.2, -0.15) is 0 Å². The van der Waals surface area contributed by atoms with Gasteiger partial charge >= 0.3 is 0 Å². The third kappa shape index (κ3) is 8.71. The number of phenolic OH excluding ortho intramolecular Hbond substituents is 2. The van der Waals surface area contributed by atoms with E-state index >= 15 is 9.59 Å². The normalized spacial score (nSPS) is 15.5. The van der Waals surface area contributed by atoms with Crippen LogP contribution in [0, 0.1) is 39.5 Å². The van der Waals surface area contributed by atoms with E-state index in [-0.39, 0.29) is 59.2 Å². The molecule has 310 valence electrons. The summed E-state index contributed by atoms with van der Waals surface area (Å²) in [6, 6.07) is 19.4. The Bertz CT molecular complexity index is 1910. The molecule has 0 saturated carbocycles. The second-order valence-corrected chi connectivity index (χ2v) is 15.4. The third-order valence-corrected chi connectivity index (χ3v) is 12.1. The molecule has 12 nitrogen and oxygen atoms in total. The first-order valence-electron chi connectivity index (χ1n) is 20.0. The van der Waals surface area contributed by atoms with E-state index in [0.29, 0.717) is 63.5 Å². The van der Waals surface area contributed by atoms with E-state index in [9.17, 15) is 10.2 Å². The van der Waals surface area contributed by atoms with Gasteiger partial charge in [-0.15, -0.1) is 0 Å². The fourth-order valence-electron chi connectivity index (χ4n) is 8.40. The molecule has 0 radical (unpaired) electrons. The first-order valence-corrected chi connectivity index (χ1v) is 20.0. The van der Waals surface area contributed by atoms with Gasteiger partial charge in [0, 0.05) is 63.7 Å². The molecule has 0 aliphatic carbocycles. The van der Waals surface area contributed by atoms with Gasteiger partial charge in [-0.1, -0.05) is 24.3 Å². The fourth-order valence-corrected chi connectivity index (χ4v) is 8.40. The topological polar surface area (TPSA) is 124 Å². The van der Waals surface area contributed by atoms with Crippen LogP contribution < -0.4 is 28.7 Å². The lowest BCUT2D eigenvalue weighted by Gasteiger charge is -2.41. The van der Waals surface area contributed by atoms with Crippen LogP contribution in [0.4, 0.5) is 11.4 Å². The monoisotopic (exact) mass is 794 g/mol. The van der Waals surface area contributed by atoms with Crippen molar-refractivity contribution in [3.8, 4) is 34.5 Å². The summed E-state index contributed by atoms with van der Waals surface area (Å²) in [5.74, 6) is -1.34. The second kappa shape index (κ2) is 18.2. The molecule has 2 aliphatic rings. The number of amides is 2. The summed E-state index contributed by atoms with van der Waals surface area (Å²) >= 11 is 0. The first-order chi connectivity index (χ1) is 27.9. The Balaban J connectivity index is 1.38. The zero-order valence-electron chi connectivity index (χ0n) is 35.1. The van der Waals surface area contributed by atoms with Crippen molar-refractivity contribution in [2.75, 3.05) is 90.6 Å². The quantitative estimate of drug-likeness (QED) is 0.165. The zero-order valence-corrected chi connectivity index (χ0v) is 35.1. The van der Waals surface area contributed by atoms with Crippen LogP contribution in [-0.2, 0) is 22.4 Å². The largest absolute Gasteiger partial charge is 0.502 e. The molecular weight excluding hydrogens is 737 g/mol. The number of methoxy groups -OCH3 is 4. The van der Waals surface area contributed by atoms with Crippen molar-refractivity contribution < 1.29 is 38.7 Å².